The number of carbonyl (C=O) groups is 2. The first kappa shape index (κ1) is 15.1. The number of pyridine rings is 1. The van der Waals surface area contributed by atoms with Gasteiger partial charge in [0.25, 0.3) is 0 Å². The summed E-state index contributed by atoms with van der Waals surface area (Å²) in [6.07, 6.45) is 3.62. The van der Waals surface area contributed by atoms with Crippen LogP contribution < -0.4 is 4.90 Å². The zero-order chi connectivity index (χ0) is 14.4. The fourth-order valence-corrected chi connectivity index (χ4v) is 1.67. The van der Waals surface area contributed by atoms with Gasteiger partial charge in [0.15, 0.2) is 0 Å². The third kappa shape index (κ3) is 4.69. The van der Waals surface area contributed by atoms with Crippen LogP contribution >= 0.6 is 0 Å². The molecule has 1 aromatic heterocycles. The third-order valence-corrected chi connectivity index (χ3v) is 2.88. The topological polar surface area (TPSA) is 70.5 Å². The first-order valence-corrected chi connectivity index (χ1v) is 6.37. The van der Waals surface area contributed by atoms with E-state index in [0.717, 1.165) is 12.8 Å². The SMILES string of the molecule is CC(C)CCCC(=O)N(C)c1ccc(C(=O)O)cn1. The Bertz CT molecular complexity index is 441. The number of hydrogen-bond acceptors (Lipinski definition) is 3. The molecule has 0 atom stereocenters. The van der Waals surface area contributed by atoms with Crippen LogP contribution in [0.1, 0.15) is 43.5 Å². The number of aromatic carboxylic acids is 1. The van der Waals surface area contributed by atoms with Gasteiger partial charge in [0.1, 0.15) is 5.82 Å². The summed E-state index contributed by atoms with van der Waals surface area (Å²) in [5, 5.41) is 8.77. The molecule has 1 heterocycles. The second-order valence-electron chi connectivity index (χ2n) is 4.95. The Morgan fingerprint density at radius 1 is 1.37 bits per heavy atom. The number of carboxylic acids is 1. The zero-order valence-corrected chi connectivity index (χ0v) is 11.6. The van der Waals surface area contributed by atoms with Gasteiger partial charge in [-0.2, -0.15) is 0 Å². The maximum absolute atomic E-state index is 11.9. The summed E-state index contributed by atoms with van der Waals surface area (Å²) in [6, 6.07) is 2.99. The Kier molecular flexibility index (Phi) is 5.48. The van der Waals surface area contributed by atoms with Gasteiger partial charge in [0.05, 0.1) is 5.56 Å². The zero-order valence-electron chi connectivity index (χ0n) is 11.6. The molecular formula is C14H20N2O3. The number of carbonyl (C=O) groups excluding carboxylic acids is 1. The summed E-state index contributed by atoms with van der Waals surface area (Å²) in [5.41, 5.74) is 0.115. The quantitative estimate of drug-likeness (QED) is 0.857. The molecule has 0 aliphatic rings. The van der Waals surface area contributed by atoms with Gasteiger partial charge in [-0.05, 0) is 24.5 Å². The first-order chi connectivity index (χ1) is 8.91. The van der Waals surface area contributed by atoms with E-state index in [1.165, 1.54) is 17.2 Å². The van der Waals surface area contributed by atoms with Gasteiger partial charge in [-0.15, -0.1) is 0 Å². The Morgan fingerprint density at radius 3 is 2.53 bits per heavy atom. The highest BCUT2D eigenvalue weighted by atomic mass is 16.4. The molecule has 0 spiro atoms. The van der Waals surface area contributed by atoms with E-state index in [-0.39, 0.29) is 11.5 Å². The van der Waals surface area contributed by atoms with Crippen molar-refractivity contribution in [2.75, 3.05) is 11.9 Å². The molecule has 0 saturated carbocycles. The van der Waals surface area contributed by atoms with Gasteiger partial charge in [0, 0.05) is 19.7 Å². The molecule has 0 unspecified atom stereocenters. The van der Waals surface area contributed by atoms with E-state index in [0.29, 0.717) is 18.2 Å². The lowest BCUT2D eigenvalue weighted by Crippen LogP contribution is -2.26. The summed E-state index contributed by atoms with van der Waals surface area (Å²) in [5.74, 6) is 0.0341. The van der Waals surface area contributed by atoms with Gasteiger partial charge in [-0.1, -0.05) is 20.3 Å². The molecule has 0 radical (unpaired) electrons. The highest BCUT2D eigenvalue weighted by molar-refractivity contribution is 5.92. The van der Waals surface area contributed by atoms with E-state index in [1.807, 2.05) is 0 Å². The fourth-order valence-electron chi connectivity index (χ4n) is 1.67. The maximum Gasteiger partial charge on any atom is 0.337 e. The third-order valence-electron chi connectivity index (χ3n) is 2.88. The summed E-state index contributed by atoms with van der Waals surface area (Å²) in [7, 11) is 1.65. The number of carboxylic acid groups (broad SMARTS) is 1. The van der Waals surface area contributed by atoms with Crippen molar-refractivity contribution < 1.29 is 14.7 Å². The van der Waals surface area contributed by atoms with Crippen LogP contribution in [0.25, 0.3) is 0 Å². The van der Waals surface area contributed by atoms with Crippen LogP contribution in [0.3, 0.4) is 0 Å². The van der Waals surface area contributed by atoms with Gasteiger partial charge in [-0.3, -0.25) is 9.69 Å². The lowest BCUT2D eigenvalue weighted by atomic mass is 10.1. The van der Waals surface area contributed by atoms with Crippen molar-refractivity contribution in [3.05, 3.63) is 23.9 Å². The Hall–Kier alpha value is -1.91. The van der Waals surface area contributed by atoms with E-state index in [9.17, 15) is 9.59 Å². The van der Waals surface area contributed by atoms with Gasteiger partial charge in [-0.25, -0.2) is 9.78 Å². The summed E-state index contributed by atoms with van der Waals surface area (Å²) in [4.78, 5) is 28.1. The molecule has 104 valence electrons. The van der Waals surface area contributed by atoms with Gasteiger partial charge >= 0.3 is 5.97 Å². The van der Waals surface area contributed by atoms with Crippen molar-refractivity contribution in [3.63, 3.8) is 0 Å². The van der Waals surface area contributed by atoms with Crippen molar-refractivity contribution >= 4 is 17.7 Å². The molecular weight excluding hydrogens is 244 g/mol. The molecule has 1 amide bonds. The minimum Gasteiger partial charge on any atom is -0.478 e. The minimum absolute atomic E-state index is 0.00350. The molecule has 5 nitrogen and oxygen atoms in total. The number of nitrogens with zero attached hydrogens (tertiary/aromatic N) is 2. The average Bonchev–Trinajstić information content (AvgIpc) is 2.37. The normalized spacial score (nSPS) is 10.5. The van der Waals surface area contributed by atoms with Crippen molar-refractivity contribution in [3.8, 4) is 0 Å². The Labute approximate surface area is 113 Å². The minimum atomic E-state index is -1.02. The van der Waals surface area contributed by atoms with Crippen LogP contribution in [0.15, 0.2) is 18.3 Å². The predicted molar refractivity (Wildman–Crippen MR) is 73.3 cm³/mol. The molecule has 0 fully saturated rings. The monoisotopic (exact) mass is 264 g/mol. The molecule has 0 saturated heterocycles. The smallest absolute Gasteiger partial charge is 0.337 e. The predicted octanol–water partition coefficient (Wildman–Crippen LogP) is 2.57. The maximum atomic E-state index is 11.9. The van der Waals surface area contributed by atoms with Crippen molar-refractivity contribution in [1.82, 2.24) is 4.98 Å². The number of hydrogen-bond donors (Lipinski definition) is 1. The average molecular weight is 264 g/mol. The molecule has 5 heteroatoms. The van der Waals surface area contributed by atoms with Crippen LogP contribution in [0.2, 0.25) is 0 Å². The van der Waals surface area contributed by atoms with E-state index < -0.39 is 5.97 Å². The largest absolute Gasteiger partial charge is 0.478 e. The molecule has 1 rings (SSSR count). The van der Waals surface area contributed by atoms with Gasteiger partial charge < -0.3 is 5.11 Å². The summed E-state index contributed by atoms with van der Waals surface area (Å²) in [6.45, 7) is 4.25. The van der Waals surface area contributed by atoms with Crippen LogP contribution in [-0.2, 0) is 4.79 Å². The second-order valence-corrected chi connectivity index (χ2v) is 4.95. The first-order valence-electron chi connectivity index (χ1n) is 6.37. The van der Waals surface area contributed by atoms with E-state index in [1.54, 1.807) is 13.1 Å². The van der Waals surface area contributed by atoms with Crippen LogP contribution in [0.4, 0.5) is 5.82 Å². The van der Waals surface area contributed by atoms with Crippen LogP contribution in [0.5, 0.6) is 0 Å². The molecule has 0 aliphatic heterocycles. The molecule has 1 aromatic rings. The number of amides is 1. The number of rotatable bonds is 6. The number of aromatic nitrogens is 1. The molecule has 19 heavy (non-hydrogen) atoms. The highest BCUT2D eigenvalue weighted by Crippen LogP contribution is 2.13. The van der Waals surface area contributed by atoms with E-state index in [4.69, 9.17) is 5.11 Å². The molecule has 1 N–H and O–H groups in total. The van der Waals surface area contributed by atoms with Crippen molar-refractivity contribution in [2.24, 2.45) is 5.92 Å². The van der Waals surface area contributed by atoms with Crippen molar-refractivity contribution in [1.29, 1.82) is 0 Å². The molecule has 0 aliphatic carbocycles. The number of anilines is 1. The van der Waals surface area contributed by atoms with Crippen LogP contribution in [-0.4, -0.2) is 29.0 Å². The summed E-state index contributed by atoms with van der Waals surface area (Å²) >= 11 is 0. The Balaban J connectivity index is 2.58. The van der Waals surface area contributed by atoms with Crippen molar-refractivity contribution in [2.45, 2.75) is 33.1 Å². The fraction of sp³-hybridized carbons (Fsp3) is 0.500. The van der Waals surface area contributed by atoms with E-state index >= 15 is 0 Å². The standard InChI is InChI=1S/C14H20N2O3/c1-10(2)5-4-6-13(17)16(3)12-8-7-11(9-15-12)14(18)19/h7-10H,4-6H2,1-3H3,(H,18,19). The lowest BCUT2D eigenvalue weighted by Gasteiger charge is -2.16. The van der Waals surface area contributed by atoms with Gasteiger partial charge in [0.2, 0.25) is 5.91 Å². The van der Waals surface area contributed by atoms with Crippen LogP contribution in [0, 0.1) is 5.92 Å². The van der Waals surface area contributed by atoms with E-state index in [2.05, 4.69) is 18.8 Å². The highest BCUT2D eigenvalue weighted by Gasteiger charge is 2.12. The Morgan fingerprint density at radius 2 is 2.05 bits per heavy atom. The molecule has 0 aromatic carbocycles. The molecule has 0 bridgehead atoms. The summed E-state index contributed by atoms with van der Waals surface area (Å²) < 4.78 is 0. The lowest BCUT2D eigenvalue weighted by molar-refractivity contribution is -0.118. The second kappa shape index (κ2) is 6.87.